The Morgan fingerprint density at radius 3 is 1.06 bits per heavy atom. The summed E-state index contributed by atoms with van der Waals surface area (Å²) in [5.41, 5.74) is 0. The number of hydrogen-bond acceptors (Lipinski definition) is 4. The molecule has 0 unspecified atom stereocenters. The van der Waals surface area contributed by atoms with Crippen LogP contribution in [0.5, 0.6) is 0 Å². The molecule has 18 heavy (non-hydrogen) atoms. The van der Waals surface area contributed by atoms with E-state index in [1.54, 1.807) is 0 Å². The molecule has 0 atom stereocenters. The van der Waals surface area contributed by atoms with E-state index in [-0.39, 0.29) is 34.7 Å². The van der Waals surface area contributed by atoms with Crippen molar-refractivity contribution in [3.8, 4) is 0 Å². The van der Waals surface area contributed by atoms with Crippen LogP contribution in [0, 0.1) is 0 Å². The summed E-state index contributed by atoms with van der Waals surface area (Å²) >= 11 is 0. The fourth-order valence-corrected chi connectivity index (χ4v) is 13.1. The maximum Gasteiger partial charge on any atom is 0.311 e. The van der Waals surface area contributed by atoms with Gasteiger partial charge in [0, 0.05) is 0 Å². The van der Waals surface area contributed by atoms with Crippen LogP contribution in [0.2, 0.25) is 39.3 Å². The lowest BCUT2D eigenvalue weighted by molar-refractivity contribution is 0.298. The van der Waals surface area contributed by atoms with Gasteiger partial charge in [0.15, 0.2) is 0 Å². The minimum atomic E-state index is -2.21. The van der Waals surface area contributed by atoms with E-state index < -0.39 is 25.2 Å². The van der Waals surface area contributed by atoms with Gasteiger partial charge in [0.25, 0.3) is 0 Å². The van der Waals surface area contributed by atoms with Gasteiger partial charge in [-0.2, -0.15) is 0 Å². The van der Waals surface area contributed by atoms with Crippen molar-refractivity contribution in [2.24, 2.45) is 0 Å². The molecule has 0 aromatic carbocycles. The summed E-state index contributed by atoms with van der Waals surface area (Å²) in [5.74, 6) is 0. The van der Waals surface area contributed by atoms with Crippen molar-refractivity contribution in [1.29, 1.82) is 0 Å². The van der Waals surface area contributed by atoms with Gasteiger partial charge >= 0.3 is 8.56 Å². The number of rotatable bonds is 6. The van der Waals surface area contributed by atoms with Gasteiger partial charge in [-0.15, -0.1) is 0 Å². The smallest absolute Gasteiger partial charge is 0.311 e. The van der Waals surface area contributed by atoms with Gasteiger partial charge in [0.1, 0.15) is 0 Å². The molecule has 0 amide bonds. The van der Waals surface area contributed by atoms with Crippen LogP contribution < -0.4 is 0 Å². The Morgan fingerprint density at radius 2 is 0.889 bits per heavy atom. The average Bonchev–Trinajstić information content (AvgIpc) is 2.00. The molecule has 0 saturated carbocycles. The molecule has 0 aliphatic rings. The first-order valence-electron chi connectivity index (χ1n) is 5.16. The van der Waals surface area contributed by atoms with E-state index in [9.17, 15) is 10.2 Å². The van der Waals surface area contributed by atoms with Gasteiger partial charge in [-0.05, 0) is 39.3 Å². The van der Waals surface area contributed by atoms with Crippen LogP contribution in [0.25, 0.3) is 0 Å². The van der Waals surface area contributed by atoms with Crippen molar-refractivity contribution in [2.45, 2.75) is 61.6 Å². The Labute approximate surface area is 118 Å². The van der Waals surface area contributed by atoms with Crippen LogP contribution in [-0.2, 0) is 8.23 Å². The quantitative estimate of drug-likeness (QED) is 0.739. The van der Waals surface area contributed by atoms with Gasteiger partial charge in [-0.25, -0.2) is 0 Å². The fourth-order valence-electron chi connectivity index (χ4n) is 1.42. The highest BCUT2D eigenvalue weighted by molar-refractivity contribution is 6.87. The zero-order valence-electron chi connectivity index (χ0n) is 10.6. The first-order chi connectivity index (χ1) is 6.54. The Hall–Kier alpha value is 0.491. The molecule has 0 aromatic heterocycles. The maximum atomic E-state index is 9.18. The predicted molar refractivity (Wildman–Crippen MR) is 89.0 cm³/mol. The van der Waals surface area contributed by atoms with E-state index in [1.807, 2.05) is 39.3 Å². The Morgan fingerprint density at radius 1 is 0.667 bits per heavy atom. The van der Waals surface area contributed by atoms with E-state index in [0.29, 0.717) is 0 Å². The summed E-state index contributed by atoms with van der Waals surface area (Å²) in [7, 11) is -6.20. The topological polar surface area (TPSA) is 58.9 Å². The monoisotopic (exact) mass is 316 g/mol. The molecule has 2 N–H and O–H groups in total. The number of aliphatic hydroxyl groups is 2. The van der Waals surface area contributed by atoms with Crippen LogP contribution in [0.15, 0.2) is 0 Å². The molecule has 116 valence electrons. The van der Waals surface area contributed by atoms with Gasteiger partial charge in [-0.3, -0.25) is 0 Å². The lowest BCUT2D eigenvalue weighted by Crippen LogP contribution is -2.55. The molecule has 0 heterocycles. The zero-order valence-corrected chi connectivity index (χ0v) is 13.6. The highest BCUT2D eigenvalue weighted by Crippen LogP contribution is 2.19. The second kappa shape index (κ2) is 9.40. The van der Waals surface area contributed by atoms with E-state index in [0.717, 1.165) is 0 Å². The molecule has 0 aliphatic carbocycles. The summed E-state index contributed by atoms with van der Waals surface area (Å²) in [4.78, 5) is 0. The average molecular weight is 317 g/mol. The van der Waals surface area contributed by atoms with Crippen LogP contribution >= 0.6 is 0 Å². The highest BCUT2D eigenvalue weighted by atomic mass is 28.5. The van der Waals surface area contributed by atoms with Crippen molar-refractivity contribution in [2.75, 3.05) is 12.5 Å². The summed E-state index contributed by atoms with van der Waals surface area (Å²) in [6.07, 6.45) is 0.210. The van der Waals surface area contributed by atoms with Gasteiger partial charge in [0.05, 0.1) is 12.5 Å². The van der Waals surface area contributed by atoms with Gasteiger partial charge < -0.3 is 18.4 Å². The third kappa shape index (κ3) is 11.6. The van der Waals surface area contributed by atoms with Crippen molar-refractivity contribution < 1.29 is 18.4 Å². The second-order valence-corrected chi connectivity index (χ2v) is 17.5. The molecule has 0 saturated heterocycles. The van der Waals surface area contributed by atoms with Crippen LogP contribution in [0.4, 0.5) is 0 Å². The molecule has 0 fully saturated rings. The van der Waals surface area contributed by atoms with E-state index in [4.69, 9.17) is 8.23 Å². The molecule has 0 spiro atoms. The Kier molecular flexibility index (Phi) is 14.1. The molecule has 0 rings (SSSR count). The van der Waals surface area contributed by atoms with E-state index in [2.05, 4.69) is 0 Å². The van der Waals surface area contributed by atoms with Crippen LogP contribution in [0.3, 0.4) is 0 Å². The van der Waals surface area contributed by atoms with Crippen molar-refractivity contribution in [1.82, 2.24) is 0 Å². The summed E-state index contributed by atoms with van der Waals surface area (Å²) < 4.78 is 11.9. The lowest BCUT2D eigenvalue weighted by atomic mass is 11.7. The minimum Gasteiger partial charge on any atom is -0.435 e. The van der Waals surface area contributed by atoms with E-state index in [1.165, 1.54) is 0 Å². The van der Waals surface area contributed by atoms with Gasteiger partial charge in [-0.1, -0.05) is 22.3 Å². The molecular formula is C11H36O4Si3. The van der Waals surface area contributed by atoms with Crippen molar-refractivity contribution in [3.63, 3.8) is 0 Å². The molecule has 0 bridgehead atoms. The zero-order chi connectivity index (χ0) is 12.3. The third-order valence-electron chi connectivity index (χ3n) is 1.81. The SMILES string of the molecule is C.C.C.C[Si](C)(CO)O[Si](C)(C)O[Si](C)(C)CO. The Bertz CT molecular complexity index is 188. The number of aliphatic hydroxyl groups excluding tert-OH is 2. The van der Waals surface area contributed by atoms with Crippen molar-refractivity contribution in [3.05, 3.63) is 0 Å². The first-order valence-corrected chi connectivity index (χ1v) is 14.2. The standard InChI is InChI=1S/C8H24O4Si3.3CH4/c1-13(2,7-9)11-15(5,6)12-14(3,4)8-10;;;/h9-10H,7-8H2,1-6H3;3*1H4. The largest absolute Gasteiger partial charge is 0.435 e. The summed E-state index contributed by atoms with van der Waals surface area (Å²) in [5, 5.41) is 18.4. The highest BCUT2D eigenvalue weighted by Gasteiger charge is 2.39. The summed E-state index contributed by atoms with van der Waals surface area (Å²) in [6, 6.07) is 0. The predicted octanol–water partition coefficient (Wildman–Crippen LogP) is 3.10. The van der Waals surface area contributed by atoms with E-state index >= 15 is 0 Å². The van der Waals surface area contributed by atoms with Crippen LogP contribution in [-0.4, -0.2) is 47.9 Å². The maximum absolute atomic E-state index is 9.18. The lowest BCUT2D eigenvalue weighted by Gasteiger charge is -2.37. The summed E-state index contributed by atoms with van der Waals surface area (Å²) in [6.45, 7) is 11.8. The fraction of sp³-hybridized carbons (Fsp3) is 1.00. The normalized spacial score (nSPS) is 12.0. The minimum absolute atomic E-state index is 0. The number of hydrogen-bond donors (Lipinski definition) is 2. The molecule has 4 nitrogen and oxygen atoms in total. The van der Waals surface area contributed by atoms with Crippen molar-refractivity contribution >= 4 is 25.2 Å². The third-order valence-corrected chi connectivity index (χ3v) is 11.7. The van der Waals surface area contributed by atoms with Crippen LogP contribution in [0.1, 0.15) is 22.3 Å². The second-order valence-electron chi connectivity index (χ2n) is 5.44. The first kappa shape index (κ1) is 26.9. The molecule has 0 aliphatic heterocycles. The van der Waals surface area contributed by atoms with Gasteiger partial charge in [0.2, 0.25) is 16.6 Å². The Balaban J connectivity index is -0.000000327. The molecule has 0 radical (unpaired) electrons. The molecular weight excluding hydrogens is 280 g/mol. The molecule has 0 aromatic rings. The molecule has 7 heteroatoms.